The SMILES string of the molecule is Nc1nc(-c2ccco2)c2ncn(Cc3cc4c(cc3Cl)OCO4)c2n1. The van der Waals surface area contributed by atoms with E-state index in [1.54, 1.807) is 30.8 Å². The van der Waals surface area contributed by atoms with Gasteiger partial charge in [-0.3, -0.25) is 0 Å². The molecule has 0 unspecified atom stereocenters. The summed E-state index contributed by atoms with van der Waals surface area (Å²) in [5.74, 6) is 2.03. The molecule has 4 aromatic rings. The van der Waals surface area contributed by atoms with E-state index in [1.165, 1.54) is 0 Å². The third kappa shape index (κ3) is 2.34. The average Bonchev–Trinajstić information content (AvgIpc) is 3.36. The normalized spacial score (nSPS) is 12.8. The van der Waals surface area contributed by atoms with Gasteiger partial charge in [0, 0.05) is 11.1 Å². The smallest absolute Gasteiger partial charge is 0.231 e. The third-order valence-electron chi connectivity index (χ3n) is 4.12. The van der Waals surface area contributed by atoms with Gasteiger partial charge in [0.25, 0.3) is 0 Å². The van der Waals surface area contributed by atoms with Gasteiger partial charge in [-0.15, -0.1) is 0 Å². The number of fused-ring (bicyclic) bond motifs is 2. The molecule has 0 amide bonds. The fourth-order valence-electron chi connectivity index (χ4n) is 2.93. The van der Waals surface area contributed by atoms with Crippen molar-refractivity contribution in [2.75, 3.05) is 12.5 Å². The maximum absolute atomic E-state index is 6.38. The van der Waals surface area contributed by atoms with Crippen LogP contribution in [0.5, 0.6) is 11.5 Å². The molecule has 0 aliphatic carbocycles. The Hall–Kier alpha value is -3.26. The Morgan fingerprint density at radius 2 is 2.04 bits per heavy atom. The van der Waals surface area contributed by atoms with Gasteiger partial charge in [0.15, 0.2) is 22.9 Å². The van der Waals surface area contributed by atoms with E-state index < -0.39 is 0 Å². The molecule has 9 heteroatoms. The predicted molar refractivity (Wildman–Crippen MR) is 94.1 cm³/mol. The first-order valence-corrected chi connectivity index (χ1v) is 8.17. The molecule has 0 atom stereocenters. The average molecular weight is 370 g/mol. The highest BCUT2D eigenvalue weighted by atomic mass is 35.5. The highest BCUT2D eigenvalue weighted by molar-refractivity contribution is 6.31. The van der Waals surface area contributed by atoms with Gasteiger partial charge < -0.3 is 24.2 Å². The molecule has 2 N–H and O–H groups in total. The van der Waals surface area contributed by atoms with Gasteiger partial charge in [-0.25, -0.2) is 9.97 Å². The minimum atomic E-state index is 0.141. The van der Waals surface area contributed by atoms with Crippen molar-refractivity contribution in [3.63, 3.8) is 0 Å². The Morgan fingerprint density at radius 1 is 1.19 bits per heavy atom. The van der Waals surface area contributed by atoms with Crippen LogP contribution in [0, 0.1) is 0 Å². The van der Waals surface area contributed by atoms with Crippen LogP contribution in [-0.4, -0.2) is 26.3 Å². The number of halogens is 1. The summed E-state index contributed by atoms with van der Waals surface area (Å²) in [6, 6.07) is 7.18. The summed E-state index contributed by atoms with van der Waals surface area (Å²) < 4.78 is 18.0. The van der Waals surface area contributed by atoms with Gasteiger partial charge in [-0.05, 0) is 23.8 Å². The lowest BCUT2D eigenvalue weighted by atomic mass is 10.2. The molecular weight excluding hydrogens is 358 g/mol. The Bertz CT molecular complexity index is 1120. The molecule has 130 valence electrons. The number of aromatic nitrogens is 4. The van der Waals surface area contributed by atoms with Crippen LogP contribution in [-0.2, 0) is 6.54 Å². The molecule has 26 heavy (non-hydrogen) atoms. The van der Waals surface area contributed by atoms with Gasteiger partial charge in [0.2, 0.25) is 12.7 Å². The molecule has 0 saturated carbocycles. The van der Waals surface area contributed by atoms with Crippen LogP contribution in [0.4, 0.5) is 5.95 Å². The Morgan fingerprint density at radius 3 is 2.85 bits per heavy atom. The lowest BCUT2D eigenvalue weighted by Crippen LogP contribution is -2.03. The lowest BCUT2D eigenvalue weighted by Gasteiger charge is -2.08. The van der Waals surface area contributed by atoms with Gasteiger partial charge in [0.05, 0.1) is 19.1 Å². The zero-order valence-corrected chi connectivity index (χ0v) is 14.1. The molecule has 0 radical (unpaired) electrons. The second-order valence-electron chi connectivity index (χ2n) is 5.75. The highest BCUT2D eigenvalue weighted by Crippen LogP contribution is 2.37. The van der Waals surface area contributed by atoms with E-state index in [2.05, 4.69) is 15.0 Å². The molecule has 5 rings (SSSR count). The highest BCUT2D eigenvalue weighted by Gasteiger charge is 2.19. The number of hydrogen-bond acceptors (Lipinski definition) is 7. The summed E-state index contributed by atoms with van der Waals surface area (Å²) in [5, 5.41) is 0.574. The van der Waals surface area contributed by atoms with Crippen molar-refractivity contribution in [1.29, 1.82) is 0 Å². The minimum Gasteiger partial charge on any atom is -0.463 e. The van der Waals surface area contributed by atoms with Crippen molar-refractivity contribution >= 4 is 28.7 Å². The van der Waals surface area contributed by atoms with Crippen molar-refractivity contribution in [2.45, 2.75) is 6.54 Å². The fraction of sp³-hybridized carbons (Fsp3) is 0.118. The van der Waals surface area contributed by atoms with Crippen LogP contribution in [0.1, 0.15) is 5.56 Å². The van der Waals surface area contributed by atoms with E-state index >= 15 is 0 Å². The number of anilines is 1. The maximum Gasteiger partial charge on any atom is 0.231 e. The van der Waals surface area contributed by atoms with Crippen molar-refractivity contribution in [3.8, 4) is 23.0 Å². The fourth-order valence-corrected chi connectivity index (χ4v) is 3.14. The zero-order valence-electron chi connectivity index (χ0n) is 13.3. The number of benzene rings is 1. The van der Waals surface area contributed by atoms with E-state index in [9.17, 15) is 0 Å². The summed E-state index contributed by atoms with van der Waals surface area (Å²) >= 11 is 6.38. The van der Waals surface area contributed by atoms with Crippen LogP contribution in [0.2, 0.25) is 5.02 Å². The van der Waals surface area contributed by atoms with Crippen LogP contribution in [0.25, 0.3) is 22.6 Å². The third-order valence-corrected chi connectivity index (χ3v) is 4.47. The van der Waals surface area contributed by atoms with Crippen molar-refractivity contribution in [3.05, 3.63) is 47.4 Å². The number of nitrogens with zero attached hydrogens (tertiary/aromatic N) is 4. The number of imidazole rings is 1. The first kappa shape index (κ1) is 15.0. The topological polar surface area (TPSA) is 101 Å². The molecule has 1 aliphatic heterocycles. The summed E-state index contributed by atoms with van der Waals surface area (Å²) in [4.78, 5) is 13.0. The predicted octanol–water partition coefficient (Wildman–Crippen LogP) is 3.10. The Kier molecular flexibility index (Phi) is 3.26. The summed E-state index contributed by atoms with van der Waals surface area (Å²) in [7, 11) is 0. The molecule has 0 spiro atoms. The van der Waals surface area contributed by atoms with Crippen LogP contribution < -0.4 is 15.2 Å². The van der Waals surface area contributed by atoms with E-state index in [1.807, 2.05) is 10.6 Å². The molecule has 8 nitrogen and oxygen atoms in total. The number of nitrogen functional groups attached to an aromatic ring is 1. The maximum atomic E-state index is 6.38. The number of ether oxygens (including phenoxy) is 2. The van der Waals surface area contributed by atoms with Crippen molar-refractivity contribution in [1.82, 2.24) is 19.5 Å². The quantitative estimate of drug-likeness (QED) is 0.592. The minimum absolute atomic E-state index is 0.141. The van der Waals surface area contributed by atoms with E-state index in [-0.39, 0.29) is 12.7 Å². The van der Waals surface area contributed by atoms with Crippen molar-refractivity contribution < 1.29 is 13.9 Å². The molecule has 4 heterocycles. The second kappa shape index (κ2) is 5.63. The number of hydrogen-bond donors (Lipinski definition) is 1. The Labute approximate surface area is 152 Å². The molecule has 0 bridgehead atoms. The Balaban J connectivity index is 1.61. The lowest BCUT2D eigenvalue weighted by molar-refractivity contribution is 0.174. The first-order chi connectivity index (χ1) is 12.7. The van der Waals surface area contributed by atoms with Crippen LogP contribution in [0.15, 0.2) is 41.3 Å². The first-order valence-electron chi connectivity index (χ1n) is 7.79. The largest absolute Gasteiger partial charge is 0.463 e. The van der Waals surface area contributed by atoms with E-state index in [0.717, 1.165) is 5.56 Å². The van der Waals surface area contributed by atoms with Gasteiger partial charge in [0.1, 0.15) is 11.2 Å². The molecule has 0 fully saturated rings. The second-order valence-corrected chi connectivity index (χ2v) is 6.16. The molecule has 1 aliphatic rings. The van der Waals surface area contributed by atoms with Crippen LogP contribution >= 0.6 is 11.6 Å². The molecule has 0 saturated heterocycles. The summed E-state index contributed by atoms with van der Waals surface area (Å²) in [6.07, 6.45) is 3.25. The monoisotopic (exact) mass is 369 g/mol. The number of furan rings is 1. The molecular formula is C17H12ClN5O3. The van der Waals surface area contributed by atoms with Crippen molar-refractivity contribution in [2.24, 2.45) is 0 Å². The van der Waals surface area contributed by atoms with Gasteiger partial charge in [-0.2, -0.15) is 4.98 Å². The number of nitrogens with two attached hydrogens (primary N) is 1. The van der Waals surface area contributed by atoms with Gasteiger partial charge >= 0.3 is 0 Å². The van der Waals surface area contributed by atoms with Crippen LogP contribution in [0.3, 0.4) is 0 Å². The van der Waals surface area contributed by atoms with E-state index in [0.29, 0.717) is 45.7 Å². The summed E-state index contributed by atoms with van der Waals surface area (Å²) in [6.45, 7) is 0.638. The van der Waals surface area contributed by atoms with Gasteiger partial charge in [-0.1, -0.05) is 11.6 Å². The van der Waals surface area contributed by atoms with E-state index in [4.69, 9.17) is 31.2 Å². The standard InChI is InChI=1S/C17H12ClN5O3/c18-10-5-13-12(25-8-26-13)4-9(10)6-23-7-20-15-14(11-2-1-3-24-11)21-17(19)22-16(15)23/h1-5,7H,6,8H2,(H2,19,21,22). The zero-order chi connectivity index (χ0) is 17.7. The molecule has 3 aromatic heterocycles. The molecule has 1 aromatic carbocycles. The number of rotatable bonds is 3. The summed E-state index contributed by atoms with van der Waals surface area (Å²) in [5.41, 5.74) is 8.49.